The third-order valence-electron chi connectivity index (χ3n) is 2.97. The summed E-state index contributed by atoms with van der Waals surface area (Å²) in [5.74, 6) is -0.114. The first-order valence-electron chi connectivity index (χ1n) is 6.14. The van der Waals surface area contributed by atoms with E-state index in [-0.39, 0.29) is 6.42 Å². The first kappa shape index (κ1) is 14.5. The second kappa shape index (κ2) is 6.40. The summed E-state index contributed by atoms with van der Waals surface area (Å²) in [5, 5.41) is 12.4. The highest BCUT2D eigenvalue weighted by atomic mass is 16.5. The van der Waals surface area contributed by atoms with Crippen LogP contribution < -0.4 is 10.1 Å². The molecular formula is C14H21NO3. The monoisotopic (exact) mass is 251 g/mol. The summed E-state index contributed by atoms with van der Waals surface area (Å²) in [6, 6.07) is 7.53. The van der Waals surface area contributed by atoms with Gasteiger partial charge < -0.3 is 15.2 Å². The Kier molecular flexibility index (Phi) is 5.16. The SMILES string of the molecule is CCCNC(C)(CC(=O)O)c1ccccc1OC. The van der Waals surface area contributed by atoms with Gasteiger partial charge in [-0.1, -0.05) is 25.1 Å². The van der Waals surface area contributed by atoms with Crippen molar-refractivity contribution in [1.29, 1.82) is 0 Å². The standard InChI is InChI=1S/C14H21NO3/c1-4-9-15-14(2,10-13(16)17)11-7-5-6-8-12(11)18-3/h5-8,15H,4,9-10H2,1-3H3,(H,16,17). The van der Waals surface area contributed by atoms with E-state index in [0.29, 0.717) is 5.75 Å². The first-order valence-corrected chi connectivity index (χ1v) is 6.14. The Morgan fingerprint density at radius 1 is 1.44 bits per heavy atom. The molecule has 1 aromatic carbocycles. The molecule has 0 fully saturated rings. The highest BCUT2D eigenvalue weighted by molar-refractivity contribution is 5.69. The van der Waals surface area contributed by atoms with Crippen LogP contribution in [0.1, 0.15) is 32.3 Å². The normalized spacial score (nSPS) is 13.9. The van der Waals surface area contributed by atoms with Crippen LogP contribution >= 0.6 is 0 Å². The Balaban J connectivity index is 3.11. The van der Waals surface area contributed by atoms with E-state index >= 15 is 0 Å². The molecule has 0 aliphatic rings. The molecule has 0 bridgehead atoms. The van der Waals surface area contributed by atoms with Crippen molar-refractivity contribution in [2.75, 3.05) is 13.7 Å². The smallest absolute Gasteiger partial charge is 0.305 e. The molecule has 4 heteroatoms. The van der Waals surface area contributed by atoms with Crippen LogP contribution in [-0.2, 0) is 10.3 Å². The molecule has 1 unspecified atom stereocenters. The Labute approximate surface area is 108 Å². The number of carbonyl (C=O) groups is 1. The molecule has 1 atom stereocenters. The predicted molar refractivity (Wildman–Crippen MR) is 70.9 cm³/mol. The summed E-state index contributed by atoms with van der Waals surface area (Å²) in [6.07, 6.45) is 0.970. The zero-order valence-electron chi connectivity index (χ0n) is 11.2. The maximum absolute atomic E-state index is 11.1. The van der Waals surface area contributed by atoms with Gasteiger partial charge in [0, 0.05) is 5.56 Å². The molecule has 2 N–H and O–H groups in total. The van der Waals surface area contributed by atoms with Crippen molar-refractivity contribution in [2.45, 2.75) is 32.2 Å². The summed E-state index contributed by atoms with van der Waals surface area (Å²) in [7, 11) is 1.60. The van der Waals surface area contributed by atoms with E-state index in [0.717, 1.165) is 18.5 Å². The molecule has 0 amide bonds. The lowest BCUT2D eigenvalue weighted by atomic mass is 9.87. The molecule has 0 radical (unpaired) electrons. The number of carboxylic acid groups (broad SMARTS) is 1. The number of rotatable bonds is 7. The fourth-order valence-electron chi connectivity index (χ4n) is 2.06. The van der Waals surface area contributed by atoms with E-state index in [2.05, 4.69) is 12.2 Å². The number of hydrogen-bond donors (Lipinski definition) is 2. The average Bonchev–Trinajstić information content (AvgIpc) is 2.35. The van der Waals surface area contributed by atoms with Gasteiger partial charge >= 0.3 is 5.97 Å². The number of methoxy groups -OCH3 is 1. The fourth-order valence-corrected chi connectivity index (χ4v) is 2.06. The third-order valence-corrected chi connectivity index (χ3v) is 2.97. The van der Waals surface area contributed by atoms with Gasteiger partial charge in [-0.25, -0.2) is 0 Å². The van der Waals surface area contributed by atoms with Crippen molar-refractivity contribution in [3.63, 3.8) is 0 Å². The van der Waals surface area contributed by atoms with E-state index in [4.69, 9.17) is 9.84 Å². The number of benzene rings is 1. The van der Waals surface area contributed by atoms with E-state index in [1.165, 1.54) is 0 Å². The maximum Gasteiger partial charge on any atom is 0.305 e. The highest BCUT2D eigenvalue weighted by Gasteiger charge is 2.31. The summed E-state index contributed by atoms with van der Waals surface area (Å²) >= 11 is 0. The maximum atomic E-state index is 11.1. The van der Waals surface area contributed by atoms with Gasteiger partial charge in [-0.05, 0) is 26.0 Å². The molecular weight excluding hydrogens is 230 g/mol. The van der Waals surface area contributed by atoms with Crippen molar-refractivity contribution in [3.05, 3.63) is 29.8 Å². The minimum Gasteiger partial charge on any atom is -0.496 e. The van der Waals surface area contributed by atoms with Crippen LogP contribution in [0.5, 0.6) is 5.75 Å². The van der Waals surface area contributed by atoms with Crippen molar-refractivity contribution >= 4 is 5.97 Å². The summed E-state index contributed by atoms with van der Waals surface area (Å²) in [4.78, 5) is 11.1. The molecule has 0 aromatic heterocycles. The molecule has 0 saturated heterocycles. The molecule has 0 heterocycles. The minimum atomic E-state index is -0.827. The molecule has 100 valence electrons. The van der Waals surface area contributed by atoms with Crippen LogP contribution in [-0.4, -0.2) is 24.7 Å². The number of carboxylic acids is 1. The Hall–Kier alpha value is -1.55. The predicted octanol–water partition coefficient (Wildman–Crippen LogP) is 2.38. The summed E-state index contributed by atoms with van der Waals surface area (Å²) in [6.45, 7) is 4.72. The van der Waals surface area contributed by atoms with Gasteiger partial charge in [-0.2, -0.15) is 0 Å². The molecule has 0 aliphatic carbocycles. The lowest BCUT2D eigenvalue weighted by Crippen LogP contribution is -2.42. The van der Waals surface area contributed by atoms with Crippen molar-refractivity contribution in [1.82, 2.24) is 5.32 Å². The lowest BCUT2D eigenvalue weighted by molar-refractivity contribution is -0.138. The van der Waals surface area contributed by atoms with Crippen LogP contribution in [0.15, 0.2) is 24.3 Å². The van der Waals surface area contributed by atoms with Gasteiger partial charge in [0.15, 0.2) is 0 Å². The van der Waals surface area contributed by atoms with Gasteiger partial charge in [-0.15, -0.1) is 0 Å². The van der Waals surface area contributed by atoms with Crippen molar-refractivity contribution in [3.8, 4) is 5.75 Å². The highest BCUT2D eigenvalue weighted by Crippen LogP contribution is 2.32. The Morgan fingerprint density at radius 3 is 2.67 bits per heavy atom. The van der Waals surface area contributed by atoms with Gasteiger partial charge in [0.05, 0.1) is 19.1 Å². The van der Waals surface area contributed by atoms with Crippen molar-refractivity contribution < 1.29 is 14.6 Å². The molecule has 18 heavy (non-hydrogen) atoms. The molecule has 0 spiro atoms. The van der Waals surface area contributed by atoms with Crippen LogP contribution in [0.2, 0.25) is 0 Å². The van der Waals surface area contributed by atoms with Gasteiger partial charge in [0.1, 0.15) is 5.75 Å². The number of ether oxygens (including phenoxy) is 1. The second-order valence-corrected chi connectivity index (χ2v) is 4.53. The van der Waals surface area contributed by atoms with E-state index in [1.54, 1.807) is 7.11 Å². The number of para-hydroxylation sites is 1. The number of aliphatic carboxylic acids is 1. The fraction of sp³-hybridized carbons (Fsp3) is 0.500. The first-order chi connectivity index (χ1) is 8.53. The van der Waals surface area contributed by atoms with E-state index in [9.17, 15) is 4.79 Å². The zero-order chi connectivity index (χ0) is 13.6. The Morgan fingerprint density at radius 2 is 2.11 bits per heavy atom. The summed E-state index contributed by atoms with van der Waals surface area (Å²) in [5.41, 5.74) is 0.261. The lowest BCUT2D eigenvalue weighted by Gasteiger charge is -2.31. The average molecular weight is 251 g/mol. The van der Waals surface area contributed by atoms with Crippen LogP contribution in [0.4, 0.5) is 0 Å². The zero-order valence-corrected chi connectivity index (χ0v) is 11.2. The van der Waals surface area contributed by atoms with E-state index < -0.39 is 11.5 Å². The number of nitrogens with one attached hydrogen (secondary N) is 1. The minimum absolute atomic E-state index is 0.0212. The van der Waals surface area contributed by atoms with Crippen LogP contribution in [0, 0.1) is 0 Å². The topological polar surface area (TPSA) is 58.6 Å². The van der Waals surface area contributed by atoms with E-state index in [1.807, 2.05) is 31.2 Å². The van der Waals surface area contributed by atoms with Gasteiger partial charge in [0.2, 0.25) is 0 Å². The van der Waals surface area contributed by atoms with Crippen LogP contribution in [0.3, 0.4) is 0 Å². The molecule has 4 nitrogen and oxygen atoms in total. The van der Waals surface area contributed by atoms with Crippen molar-refractivity contribution in [2.24, 2.45) is 0 Å². The van der Waals surface area contributed by atoms with Gasteiger partial charge in [-0.3, -0.25) is 4.79 Å². The van der Waals surface area contributed by atoms with Crippen LogP contribution in [0.25, 0.3) is 0 Å². The Bertz CT molecular complexity index is 406. The third kappa shape index (κ3) is 3.47. The number of hydrogen-bond acceptors (Lipinski definition) is 3. The van der Waals surface area contributed by atoms with Gasteiger partial charge in [0.25, 0.3) is 0 Å². The summed E-state index contributed by atoms with van der Waals surface area (Å²) < 4.78 is 5.32. The quantitative estimate of drug-likeness (QED) is 0.781. The molecule has 1 rings (SSSR count). The largest absolute Gasteiger partial charge is 0.496 e. The second-order valence-electron chi connectivity index (χ2n) is 4.53. The molecule has 0 aliphatic heterocycles. The molecule has 1 aromatic rings. The molecule has 0 saturated carbocycles.